The molecule has 0 unspecified atom stereocenters. The molecule has 0 aliphatic rings. The number of aromatic nitrogens is 5. The van der Waals surface area contributed by atoms with Gasteiger partial charge in [-0.3, -0.25) is 5.10 Å². The van der Waals surface area contributed by atoms with Crippen molar-refractivity contribution in [3.05, 3.63) is 31.1 Å². The third kappa shape index (κ3) is 3.25. The number of H-pyrrole nitrogens is 1. The van der Waals surface area contributed by atoms with Crippen molar-refractivity contribution in [3.8, 4) is 0 Å². The van der Waals surface area contributed by atoms with E-state index in [0.29, 0.717) is 5.69 Å². The largest absolute Gasteiger partial charge is 0.396 e. The second kappa shape index (κ2) is 4.78. The fourth-order valence-corrected chi connectivity index (χ4v) is 0.477. The van der Waals surface area contributed by atoms with E-state index in [4.69, 9.17) is 5.73 Å². The number of nitrogens with two attached hydrogens (primary N) is 1. The highest BCUT2D eigenvalue weighted by atomic mass is 15.3. The van der Waals surface area contributed by atoms with Crippen molar-refractivity contribution in [3.63, 3.8) is 0 Å². The molecule has 0 bridgehead atoms. The first-order valence-corrected chi connectivity index (χ1v) is 3.20. The summed E-state index contributed by atoms with van der Waals surface area (Å²) in [6, 6.07) is 0. The molecule has 6 heteroatoms. The zero-order valence-electron chi connectivity index (χ0n) is 6.25. The Morgan fingerprint density at radius 2 is 2.00 bits per heavy atom. The highest BCUT2D eigenvalue weighted by Crippen LogP contribution is 1.88. The summed E-state index contributed by atoms with van der Waals surface area (Å²) in [5.41, 5.74) is 5.83. The first-order chi connectivity index (χ1) is 5.89. The van der Waals surface area contributed by atoms with E-state index >= 15 is 0 Å². The van der Waals surface area contributed by atoms with Crippen LogP contribution in [0.4, 0.5) is 5.69 Å². The van der Waals surface area contributed by atoms with Crippen LogP contribution in [0, 0.1) is 0 Å². The first kappa shape index (κ1) is 8.12. The average molecular weight is 164 g/mol. The summed E-state index contributed by atoms with van der Waals surface area (Å²) in [6.07, 6.45) is 7.77. The van der Waals surface area contributed by atoms with E-state index in [0.717, 1.165) is 0 Å². The van der Waals surface area contributed by atoms with Gasteiger partial charge in [0.2, 0.25) is 0 Å². The van der Waals surface area contributed by atoms with Crippen LogP contribution in [0.15, 0.2) is 31.1 Å². The summed E-state index contributed by atoms with van der Waals surface area (Å²) in [7, 11) is 0. The van der Waals surface area contributed by atoms with Gasteiger partial charge in [0, 0.05) is 6.20 Å². The van der Waals surface area contributed by atoms with E-state index in [2.05, 4.69) is 25.4 Å². The van der Waals surface area contributed by atoms with Crippen molar-refractivity contribution in [2.45, 2.75) is 0 Å². The minimum absolute atomic E-state index is 0.600. The Bertz CT molecular complexity index is 261. The minimum Gasteiger partial charge on any atom is -0.396 e. The molecular weight excluding hydrogens is 156 g/mol. The SMILES string of the molecule is Nc1cncnc1.c1c[nH]nn1. The van der Waals surface area contributed by atoms with Crippen LogP contribution in [0.2, 0.25) is 0 Å². The minimum atomic E-state index is 0.600. The van der Waals surface area contributed by atoms with Gasteiger partial charge in [0.15, 0.2) is 0 Å². The summed E-state index contributed by atoms with van der Waals surface area (Å²) < 4.78 is 0. The molecule has 0 radical (unpaired) electrons. The Kier molecular flexibility index (Phi) is 3.23. The Labute approximate surface area is 68.9 Å². The van der Waals surface area contributed by atoms with Gasteiger partial charge in [-0.2, -0.15) is 0 Å². The highest BCUT2D eigenvalue weighted by Gasteiger charge is 1.74. The predicted octanol–water partition coefficient (Wildman–Crippen LogP) is -0.137. The topological polar surface area (TPSA) is 93.4 Å². The quantitative estimate of drug-likeness (QED) is 0.565. The lowest BCUT2D eigenvalue weighted by Crippen LogP contribution is -1.85. The molecule has 3 N–H and O–H groups in total. The molecule has 0 spiro atoms. The van der Waals surface area contributed by atoms with Gasteiger partial charge in [0.05, 0.1) is 24.3 Å². The molecule has 2 heterocycles. The average Bonchev–Trinajstić information content (AvgIpc) is 2.62. The lowest BCUT2D eigenvalue weighted by atomic mass is 10.6. The van der Waals surface area contributed by atoms with Gasteiger partial charge >= 0.3 is 0 Å². The number of nitrogens with zero attached hydrogens (tertiary/aromatic N) is 4. The Morgan fingerprint density at radius 3 is 2.25 bits per heavy atom. The smallest absolute Gasteiger partial charge is 0.115 e. The Hall–Kier alpha value is -1.98. The molecule has 0 aliphatic heterocycles. The molecule has 0 saturated heterocycles. The van der Waals surface area contributed by atoms with Gasteiger partial charge in [-0.25, -0.2) is 9.97 Å². The van der Waals surface area contributed by atoms with Crippen LogP contribution in [0.5, 0.6) is 0 Å². The van der Waals surface area contributed by atoms with Gasteiger partial charge in [-0.1, -0.05) is 5.21 Å². The zero-order valence-corrected chi connectivity index (χ0v) is 6.25. The van der Waals surface area contributed by atoms with Crippen LogP contribution in [0.25, 0.3) is 0 Å². The van der Waals surface area contributed by atoms with Gasteiger partial charge in [0.25, 0.3) is 0 Å². The molecule has 12 heavy (non-hydrogen) atoms. The molecule has 0 fully saturated rings. The summed E-state index contributed by atoms with van der Waals surface area (Å²) in [6.45, 7) is 0. The molecule has 0 aliphatic carbocycles. The predicted molar refractivity (Wildman–Crippen MR) is 42.8 cm³/mol. The fourth-order valence-electron chi connectivity index (χ4n) is 0.477. The maximum absolute atomic E-state index is 5.23. The van der Waals surface area contributed by atoms with Crippen molar-refractivity contribution in [2.75, 3.05) is 5.73 Å². The second-order valence-corrected chi connectivity index (χ2v) is 1.83. The maximum Gasteiger partial charge on any atom is 0.115 e. The van der Waals surface area contributed by atoms with E-state index in [9.17, 15) is 0 Å². The molecule has 6 nitrogen and oxygen atoms in total. The van der Waals surface area contributed by atoms with Crippen molar-refractivity contribution in [1.29, 1.82) is 0 Å². The number of hydrogen-bond acceptors (Lipinski definition) is 5. The number of rotatable bonds is 0. The molecule has 2 rings (SSSR count). The molecular formula is C6H8N6. The normalized spacial score (nSPS) is 8.33. The van der Waals surface area contributed by atoms with Gasteiger partial charge in [-0.05, 0) is 0 Å². The van der Waals surface area contributed by atoms with E-state index in [1.54, 1.807) is 24.8 Å². The lowest BCUT2D eigenvalue weighted by Gasteiger charge is -1.82. The van der Waals surface area contributed by atoms with Crippen LogP contribution >= 0.6 is 0 Å². The van der Waals surface area contributed by atoms with Gasteiger partial charge in [-0.15, -0.1) is 5.10 Å². The maximum atomic E-state index is 5.23. The standard InChI is InChI=1S/C4H5N3.C2H3N3/c5-4-1-6-3-7-2-4;1-2-4-5-3-1/h1-3H,5H2;1-2H,(H,3,4,5). The lowest BCUT2D eigenvalue weighted by molar-refractivity contribution is 0.940. The van der Waals surface area contributed by atoms with Crippen molar-refractivity contribution < 1.29 is 0 Å². The van der Waals surface area contributed by atoms with Gasteiger partial charge in [0.1, 0.15) is 6.33 Å². The van der Waals surface area contributed by atoms with E-state index in [1.807, 2.05) is 0 Å². The van der Waals surface area contributed by atoms with Crippen molar-refractivity contribution >= 4 is 5.69 Å². The van der Waals surface area contributed by atoms with E-state index < -0.39 is 0 Å². The second-order valence-electron chi connectivity index (χ2n) is 1.83. The number of hydrogen-bond donors (Lipinski definition) is 2. The van der Waals surface area contributed by atoms with Crippen molar-refractivity contribution in [1.82, 2.24) is 25.4 Å². The van der Waals surface area contributed by atoms with Crippen LogP contribution in [0.3, 0.4) is 0 Å². The van der Waals surface area contributed by atoms with Crippen LogP contribution in [-0.4, -0.2) is 25.4 Å². The monoisotopic (exact) mass is 164 g/mol. The molecule has 0 amide bonds. The molecule has 0 atom stereocenters. The van der Waals surface area contributed by atoms with E-state index in [-0.39, 0.29) is 0 Å². The zero-order chi connectivity index (χ0) is 8.65. The number of nitrogen functional groups attached to an aromatic ring is 1. The number of nitrogens with one attached hydrogen (secondary N) is 1. The third-order valence-electron chi connectivity index (χ3n) is 0.912. The Balaban J connectivity index is 0.000000127. The van der Waals surface area contributed by atoms with Gasteiger partial charge < -0.3 is 5.73 Å². The first-order valence-electron chi connectivity index (χ1n) is 3.20. The summed E-state index contributed by atoms with van der Waals surface area (Å²) in [5.74, 6) is 0. The molecule has 62 valence electrons. The molecule has 0 aromatic carbocycles. The highest BCUT2D eigenvalue weighted by molar-refractivity contribution is 5.28. The molecule has 2 aromatic rings. The summed E-state index contributed by atoms with van der Waals surface area (Å²) in [4.78, 5) is 7.30. The molecule has 0 saturated carbocycles. The molecule has 2 aromatic heterocycles. The van der Waals surface area contributed by atoms with Crippen LogP contribution in [0.1, 0.15) is 0 Å². The van der Waals surface area contributed by atoms with Crippen LogP contribution in [-0.2, 0) is 0 Å². The summed E-state index contributed by atoms with van der Waals surface area (Å²) in [5, 5.41) is 9.26. The number of aromatic amines is 1. The number of anilines is 1. The van der Waals surface area contributed by atoms with E-state index in [1.165, 1.54) is 6.33 Å². The Morgan fingerprint density at radius 1 is 1.25 bits per heavy atom. The summed E-state index contributed by atoms with van der Waals surface area (Å²) >= 11 is 0. The fraction of sp³-hybridized carbons (Fsp3) is 0. The third-order valence-corrected chi connectivity index (χ3v) is 0.912. The van der Waals surface area contributed by atoms with Crippen molar-refractivity contribution in [2.24, 2.45) is 0 Å². The van der Waals surface area contributed by atoms with Crippen LogP contribution < -0.4 is 5.73 Å².